The number of nitrogens with one attached hydrogen (secondary N) is 1. The molecule has 0 aromatic carbocycles. The molecule has 4 heteroatoms. The van der Waals surface area contributed by atoms with Gasteiger partial charge in [-0.3, -0.25) is 4.68 Å². The topological polar surface area (TPSA) is 55.9 Å². The van der Waals surface area contributed by atoms with Gasteiger partial charge in [-0.05, 0) is 13.8 Å². The molecule has 0 aliphatic rings. The van der Waals surface area contributed by atoms with E-state index in [1.54, 1.807) is 0 Å². The summed E-state index contributed by atoms with van der Waals surface area (Å²) in [5.41, 5.74) is 6.91. The second-order valence-electron chi connectivity index (χ2n) is 4.46. The summed E-state index contributed by atoms with van der Waals surface area (Å²) in [6, 6.07) is 1.04. The molecule has 1 unspecified atom stereocenters. The van der Waals surface area contributed by atoms with E-state index in [9.17, 15) is 0 Å². The molecule has 1 aromatic heterocycles. The van der Waals surface area contributed by atoms with Crippen LogP contribution in [-0.2, 0) is 0 Å². The summed E-state index contributed by atoms with van der Waals surface area (Å²) < 4.78 is 1.96. The Morgan fingerprint density at radius 2 is 2.07 bits per heavy atom. The lowest BCUT2D eigenvalue weighted by atomic mass is 10.1. The van der Waals surface area contributed by atoms with Gasteiger partial charge in [0.05, 0.1) is 6.20 Å². The van der Waals surface area contributed by atoms with Gasteiger partial charge in [0.2, 0.25) is 0 Å². The summed E-state index contributed by atoms with van der Waals surface area (Å²) in [6.45, 7) is 9.07. The normalized spacial score (nSPS) is 13.8. The number of nitrogens with zero attached hydrogens (tertiary/aromatic N) is 2. The molecule has 0 aliphatic carbocycles. The molecular formula is C11H22N4. The van der Waals surface area contributed by atoms with Crippen LogP contribution in [0.1, 0.15) is 45.3 Å². The molecule has 0 aliphatic heterocycles. The van der Waals surface area contributed by atoms with Crippen LogP contribution < -0.4 is 11.1 Å². The Hall–Kier alpha value is -0.870. The van der Waals surface area contributed by atoms with E-state index in [1.165, 1.54) is 5.56 Å². The van der Waals surface area contributed by atoms with Crippen LogP contribution in [0.25, 0.3) is 0 Å². The number of hydrogen-bond donors (Lipinski definition) is 2. The van der Waals surface area contributed by atoms with Crippen LogP contribution in [0.3, 0.4) is 0 Å². The third-order valence-electron chi connectivity index (χ3n) is 2.32. The SMILES string of the molecule is CC(C)NC(CN)c1cnn(C(C)C)c1. The maximum atomic E-state index is 5.74. The van der Waals surface area contributed by atoms with Crippen LogP contribution in [-0.4, -0.2) is 22.4 Å². The fraction of sp³-hybridized carbons (Fsp3) is 0.727. The number of hydrogen-bond acceptors (Lipinski definition) is 3. The molecule has 0 saturated heterocycles. The van der Waals surface area contributed by atoms with Crippen molar-refractivity contribution in [3.8, 4) is 0 Å². The average Bonchev–Trinajstić information content (AvgIpc) is 2.62. The predicted octanol–water partition coefficient (Wildman–Crippen LogP) is 1.46. The highest BCUT2D eigenvalue weighted by Gasteiger charge is 2.13. The zero-order valence-corrected chi connectivity index (χ0v) is 10.1. The first-order chi connectivity index (χ1) is 7.04. The Labute approximate surface area is 91.8 Å². The van der Waals surface area contributed by atoms with Gasteiger partial charge in [-0.1, -0.05) is 13.8 Å². The van der Waals surface area contributed by atoms with Gasteiger partial charge in [-0.25, -0.2) is 0 Å². The van der Waals surface area contributed by atoms with E-state index in [0.717, 1.165) is 0 Å². The molecule has 1 rings (SSSR count). The van der Waals surface area contributed by atoms with E-state index in [2.05, 4.69) is 44.3 Å². The summed E-state index contributed by atoms with van der Waals surface area (Å²) in [6.07, 6.45) is 3.96. The van der Waals surface area contributed by atoms with Gasteiger partial charge < -0.3 is 11.1 Å². The highest BCUT2D eigenvalue weighted by atomic mass is 15.3. The van der Waals surface area contributed by atoms with E-state index in [0.29, 0.717) is 18.6 Å². The summed E-state index contributed by atoms with van der Waals surface area (Å²) in [4.78, 5) is 0. The quantitative estimate of drug-likeness (QED) is 0.773. The zero-order valence-electron chi connectivity index (χ0n) is 10.1. The number of aromatic nitrogens is 2. The van der Waals surface area contributed by atoms with Crippen molar-refractivity contribution in [2.75, 3.05) is 6.54 Å². The van der Waals surface area contributed by atoms with Crippen LogP contribution in [0.15, 0.2) is 12.4 Å². The smallest absolute Gasteiger partial charge is 0.0538 e. The minimum absolute atomic E-state index is 0.206. The second-order valence-corrected chi connectivity index (χ2v) is 4.46. The van der Waals surface area contributed by atoms with Gasteiger partial charge in [-0.2, -0.15) is 5.10 Å². The van der Waals surface area contributed by atoms with Crippen molar-refractivity contribution >= 4 is 0 Å². The molecule has 0 bridgehead atoms. The van der Waals surface area contributed by atoms with Crippen LogP contribution >= 0.6 is 0 Å². The molecule has 4 nitrogen and oxygen atoms in total. The highest BCUT2D eigenvalue weighted by Crippen LogP contribution is 2.13. The van der Waals surface area contributed by atoms with Gasteiger partial charge in [-0.15, -0.1) is 0 Å². The van der Waals surface area contributed by atoms with Crippen molar-refractivity contribution in [1.82, 2.24) is 15.1 Å². The molecule has 0 radical (unpaired) electrons. The lowest BCUT2D eigenvalue weighted by molar-refractivity contribution is 0.481. The van der Waals surface area contributed by atoms with Crippen LogP contribution in [0.4, 0.5) is 0 Å². The largest absolute Gasteiger partial charge is 0.329 e. The van der Waals surface area contributed by atoms with Crippen molar-refractivity contribution in [2.45, 2.75) is 45.8 Å². The first kappa shape index (κ1) is 12.2. The molecule has 0 saturated carbocycles. The van der Waals surface area contributed by atoms with E-state index >= 15 is 0 Å². The van der Waals surface area contributed by atoms with Crippen molar-refractivity contribution in [2.24, 2.45) is 5.73 Å². The minimum Gasteiger partial charge on any atom is -0.329 e. The van der Waals surface area contributed by atoms with Crippen molar-refractivity contribution in [3.63, 3.8) is 0 Å². The van der Waals surface area contributed by atoms with Crippen LogP contribution in [0.5, 0.6) is 0 Å². The van der Waals surface area contributed by atoms with Crippen LogP contribution in [0, 0.1) is 0 Å². The Balaban J connectivity index is 2.74. The molecule has 1 heterocycles. The van der Waals surface area contributed by atoms with E-state index < -0.39 is 0 Å². The Bertz CT molecular complexity index is 291. The van der Waals surface area contributed by atoms with Crippen molar-refractivity contribution < 1.29 is 0 Å². The molecule has 86 valence electrons. The van der Waals surface area contributed by atoms with Gasteiger partial charge in [0.25, 0.3) is 0 Å². The third kappa shape index (κ3) is 3.32. The summed E-state index contributed by atoms with van der Waals surface area (Å²) >= 11 is 0. The fourth-order valence-electron chi connectivity index (χ4n) is 1.52. The molecule has 1 atom stereocenters. The van der Waals surface area contributed by atoms with Gasteiger partial charge >= 0.3 is 0 Å². The molecular weight excluding hydrogens is 188 g/mol. The van der Waals surface area contributed by atoms with E-state index in [-0.39, 0.29) is 6.04 Å². The standard InChI is InChI=1S/C11H22N4/c1-8(2)14-11(5-12)10-6-13-15(7-10)9(3)4/h6-9,11,14H,5,12H2,1-4H3. The monoisotopic (exact) mass is 210 g/mol. The second kappa shape index (κ2) is 5.28. The lowest BCUT2D eigenvalue weighted by Crippen LogP contribution is -2.33. The maximum absolute atomic E-state index is 5.74. The summed E-state index contributed by atoms with van der Waals surface area (Å²) in [5.74, 6) is 0. The maximum Gasteiger partial charge on any atom is 0.0538 e. The number of rotatable bonds is 5. The first-order valence-corrected chi connectivity index (χ1v) is 5.54. The zero-order chi connectivity index (χ0) is 11.4. The van der Waals surface area contributed by atoms with Crippen LogP contribution in [0.2, 0.25) is 0 Å². The molecule has 15 heavy (non-hydrogen) atoms. The summed E-state index contributed by atoms with van der Waals surface area (Å²) in [5, 5.41) is 7.73. The molecule has 3 N–H and O–H groups in total. The molecule has 0 amide bonds. The van der Waals surface area contributed by atoms with Gasteiger partial charge in [0.15, 0.2) is 0 Å². The third-order valence-corrected chi connectivity index (χ3v) is 2.32. The van der Waals surface area contributed by atoms with Crippen molar-refractivity contribution in [1.29, 1.82) is 0 Å². The number of nitrogens with two attached hydrogens (primary N) is 1. The average molecular weight is 210 g/mol. The molecule has 0 fully saturated rings. The lowest BCUT2D eigenvalue weighted by Gasteiger charge is -2.18. The van der Waals surface area contributed by atoms with Crippen molar-refractivity contribution in [3.05, 3.63) is 18.0 Å². The highest BCUT2D eigenvalue weighted by molar-refractivity contribution is 5.11. The van der Waals surface area contributed by atoms with E-state index in [4.69, 9.17) is 5.73 Å². The summed E-state index contributed by atoms with van der Waals surface area (Å²) in [7, 11) is 0. The molecule has 0 spiro atoms. The Morgan fingerprint density at radius 3 is 2.47 bits per heavy atom. The van der Waals surface area contributed by atoms with Gasteiger partial charge in [0.1, 0.15) is 0 Å². The van der Waals surface area contributed by atoms with Gasteiger partial charge in [0, 0.05) is 36.4 Å². The van der Waals surface area contributed by atoms with E-state index in [1.807, 2.05) is 10.9 Å². The minimum atomic E-state index is 0.206. The predicted molar refractivity (Wildman–Crippen MR) is 62.7 cm³/mol. The molecule has 1 aromatic rings. The Morgan fingerprint density at radius 1 is 1.40 bits per heavy atom. The Kier molecular flexibility index (Phi) is 4.29. The fourth-order valence-corrected chi connectivity index (χ4v) is 1.52. The first-order valence-electron chi connectivity index (χ1n) is 5.54.